The highest BCUT2D eigenvalue weighted by Gasteiger charge is 2.14. The third-order valence-corrected chi connectivity index (χ3v) is 4.37. The molecule has 0 fully saturated rings. The van der Waals surface area contributed by atoms with E-state index >= 15 is 0 Å². The van der Waals surface area contributed by atoms with E-state index in [1.54, 1.807) is 24.3 Å². The van der Waals surface area contributed by atoms with Gasteiger partial charge in [0.2, 0.25) is 0 Å². The van der Waals surface area contributed by atoms with Crippen molar-refractivity contribution in [3.05, 3.63) is 96.6 Å². The topological polar surface area (TPSA) is 49.3 Å². The number of nitrogens with one attached hydrogen (secondary N) is 1. The Morgan fingerprint density at radius 2 is 1.50 bits per heavy atom. The smallest absolute Gasteiger partial charge is 0.256 e. The van der Waals surface area contributed by atoms with Gasteiger partial charge in [0.25, 0.3) is 5.91 Å². The molecule has 4 aromatic rings. The molecule has 0 saturated heterocycles. The molecule has 0 atom stereocenters. The van der Waals surface area contributed by atoms with Crippen LogP contribution < -0.4 is 5.32 Å². The quantitative estimate of drug-likeness (QED) is 0.520. The molecule has 4 aromatic carbocycles. The maximum absolute atomic E-state index is 13.0. The first-order chi connectivity index (χ1) is 12.7. The van der Waals surface area contributed by atoms with Gasteiger partial charge in [0.1, 0.15) is 5.75 Å². The van der Waals surface area contributed by atoms with Crippen molar-refractivity contribution in [2.24, 2.45) is 0 Å². The molecule has 126 valence electrons. The van der Waals surface area contributed by atoms with E-state index in [1.165, 1.54) is 0 Å². The number of carbonyl (C=O) groups is 1. The van der Waals surface area contributed by atoms with E-state index in [9.17, 15) is 9.90 Å². The van der Waals surface area contributed by atoms with E-state index in [-0.39, 0.29) is 11.7 Å². The zero-order chi connectivity index (χ0) is 17.9. The summed E-state index contributed by atoms with van der Waals surface area (Å²) in [7, 11) is 0. The second-order valence-corrected chi connectivity index (χ2v) is 6.08. The summed E-state index contributed by atoms with van der Waals surface area (Å²) in [5.74, 6) is -0.00735. The van der Waals surface area contributed by atoms with Gasteiger partial charge in [-0.25, -0.2) is 0 Å². The number of anilines is 1. The van der Waals surface area contributed by atoms with Crippen molar-refractivity contribution in [3.8, 4) is 16.9 Å². The van der Waals surface area contributed by atoms with Crippen LogP contribution in [0.15, 0.2) is 91.0 Å². The summed E-state index contributed by atoms with van der Waals surface area (Å²) in [4.78, 5) is 13.0. The van der Waals surface area contributed by atoms with Crippen molar-refractivity contribution < 1.29 is 9.90 Å². The van der Waals surface area contributed by atoms with Gasteiger partial charge in [-0.05, 0) is 40.8 Å². The number of amides is 1. The molecule has 0 unspecified atom stereocenters. The van der Waals surface area contributed by atoms with Gasteiger partial charge < -0.3 is 10.4 Å². The van der Waals surface area contributed by atoms with Gasteiger partial charge in [0, 0.05) is 16.6 Å². The average Bonchev–Trinajstić information content (AvgIpc) is 2.68. The van der Waals surface area contributed by atoms with E-state index in [1.807, 2.05) is 66.7 Å². The molecule has 0 aliphatic rings. The molecule has 0 aliphatic carbocycles. The molecule has 0 heterocycles. The van der Waals surface area contributed by atoms with Crippen molar-refractivity contribution in [1.29, 1.82) is 0 Å². The highest BCUT2D eigenvalue weighted by atomic mass is 16.3. The van der Waals surface area contributed by atoms with E-state index in [0.717, 1.165) is 27.6 Å². The zero-order valence-corrected chi connectivity index (χ0v) is 14.0. The minimum atomic E-state index is -0.180. The average molecular weight is 339 g/mol. The molecule has 0 aromatic heterocycles. The van der Waals surface area contributed by atoms with Crippen molar-refractivity contribution in [2.45, 2.75) is 0 Å². The number of hydrogen-bond donors (Lipinski definition) is 2. The number of benzene rings is 4. The van der Waals surface area contributed by atoms with Crippen LogP contribution >= 0.6 is 0 Å². The summed E-state index contributed by atoms with van der Waals surface area (Å²) >= 11 is 0. The third kappa shape index (κ3) is 3.03. The zero-order valence-electron chi connectivity index (χ0n) is 14.0. The third-order valence-electron chi connectivity index (χ3n) is 4.37. The Morgan fingerprint density at radius 1 is 0.769 bits per heavy atom. The minimum Gasteiger partial charge on any atom is -0.508 e. The fraction of sp³-hybridized carbons (Fsp3) is 0. The first kappa shape index (κ1) is 15.9. The van der Waals surface area contributed by atoms with E-state index in [0.29, 0.717) is 5.56 Å². The summed E-state index contributed by atoms with van der Waals surface area (Å²) < 4.78 is 0. The fourth-order valence-electron chi connectivity index (χ4n) is 3.13. The molecule has 1 amide bonds. The van der Waals surface area contributed by atoms with Gasteiger partial charge in [0.15, 0.2) is 0 Å². The van der Waals surface area contributed by atoms with E-state index < -0.39 is 0 Å². The summed E-state index contributed by atoms with van der Waals surface area (Å²) in [6.07, 6.45) is 0. The summed E-state index contributed by atoms with van der Waals surface area (Å²) in [6.45, 7) is 0. The number of phenols is 1. The van der Waals surface area contributed by atoms with Gasteiger partial charge in [-0.1, -0.05) is 66.7 Å². The number of phenolic OH excluding ortho intramolecular Hbond substituents is 1. The maximum atomic E-state index is 13.0. The van der Waals surface area contributed by atoms with E-state index in [2.05, 4.69) is 5.32 Å². The normalized spacial score (nSPS) is 10.6. The molecule has 0 saturated carbocycles. The number of rotatable bonds is 3. The van der Waals surface area contributed by atoms with Crippen LogP contribution in [0.25, 0.3) is 21.9 Å². The first-order valence-corrected chi connectivity index (χ1v) is 8.40. The molecule has 4 rings (SSSR count). The molecule has 3 nitrogen and oxygen atoms in total. The van der Waals surface area contributed by atoms with Crippen LogP contribution in [0.4, 0.5) is 5.69 Å². The standard InChI is InChI=1S/C23H17NO2/c25-18-10-5-9-17(15-18)19-11-3-4-13-21(19)23(26)24-22-14-6-8-16-7-1-2-12-20(16)22/h1-15,25H,(H,24,26). The molecule has 26 heavy (non-hydrogen) atoms. The second kappa shape index (κ2) is 6.73. The van der Waals surface area contributed by atoms with Crippen molar-refractivity contribution in [2.75, 3.05) is 5.32 Å². The lowest BCUT2D eigenvalue weighted by Crippen LogP contribution is -2.13. The van der Waals surface area contributed by atoms with Crippen LogP contribution in [0, 0.1) is 0 Å². The van der Waals surface area contributed by atoms with Crippen LogP contribution in [0.2, 0.25) is 0 Å². The van der Waals surface area contributed by atoms with Gasteiger partial charge in [-0.2, -0.15) is 0 Å². The number of carbonyl (C=O) groups excluding carboxylic acids is 1. The van der Waals surface area contributed by atoms with Crippen LogP contribution in [0.1, 0.15) is 10.4 Å². The molecular formula is C23H17NO2. The van der Waals surface area contributed by atoms with Crippen molar-refractivity contribution >= 4 is 22.4 Å². The molecule has 0 radical (unpaired) electrons. The SMILES string of the molecule is O=C(Nc1cccc2ccccc12)c1ccccc1-c1cccc(O)c1. The van der Waals surface area contributed by atoms with E-state index in [4.69, 9.17) is 0 Å². The Morgan fingerprint density at radius 3 is 2.38 bits per heavy atom. The lowest BCUT2D eigenvalue weighted by molar-refractivity contribution is 0.102. The Bertz CT molecular complexity index is 1100. The van der Waals surface area contributed by atoms with Crippen LogP contribution in [0.3, 0.4) is 0 Å². The maximum Gasteiger partial charge on any atom is 0.256 e. The van der Waals surface area contributed by atoms with Crippen LogP contribution in [-0.4, -0.2) is 11.0 Å². The van der Waals surface area contributed by atoms with Crippen LogP contribution in [-0.2, 0) is 0 Å². The summed E-state index contributed by atoms with van der Waals surface area (Å²) in [5, 5.41) is 14.9. The van der Waals surface area contributed by atoms with Crippen molar-refractivity contribution in [3.63, 3.8) is 0 Å². The number of hydrogen-bond acceptors (Lipinski definition) is 2. The van der Waals surface area contributed by atoms with Crippen molar-refractivity contribution in [1.82, 2.24) is 0 Å². The number of fused-ring (bicyclic) bond motifs is 1. The largest absolute Gasteiger partial charge is 0.508 e. The molecule has 2 N–H and O–H groups in total. The molecule has 0 spiro atoms. The van der Waals surface area contributed by atoms with Gasteiger partial charge >= 0.3 is 0 Å². The van der Waals surface area contributed by atoms with Crippen LogP contribution in [0.5, 0.6) is 5.75 Å². The monoisotopic (exact) mass is 339 g/mol. The predicted octanol–water partition coefficient (Wildman–Crippen LogP) is 5.46. The lowest BCUT2D eigenvalue weighted by atomic mass is 9.98. The fourth-order valence-corrected chi connectivity index (χ4v) is 3.13. The minimum absolute atomic E-state index is 0.173. The summed E-state index contributed by atoms with van der Waals surface area (Å²) in [5.41, 5.74) is 2.92. The second-order valence-electron chi connectivity index (χ2n) is 6.08. The Kier molecular flexibility index (Phi) is 4.12. The highest BCUT2D eigenvalue weighted by molar-refractivity contribution is 6.12. The number of aromatic hydroxyl groups is 1. The lowest BCUT2D eigenvalue weighted by Gasteiger charge is -2.12. The van der Waals surface area contributed by atoms with Gasteiger partial charge in [0.05, 0.1) is 0 Å². The molecule has 0 aliphatic heterocycles. The Hall–Kier alpha value is -3.59. The van der Waals surface area contributed by atoms with Gasteiger partial charge in [-0.3, -0.25) is 4.79 Å². The first-order valence-electron chi connectivity index (χ1n) is 8.40. The predicted molar refractivity (Wildman–Crippen MR) is 105 cm³/mol. The molecular weight excluding hydrogens is 322 g/mol. The summed E-state index contributed by atoms with van der Waals surface area (Å²) in [6, 6.07) is 28.1. The Balaban J connectivity index is 1.73. The highest BCUT2D eigenvalue weighted by Crippen LogP contribution is 2.28. The van der Waals surface area contributed by atoms with Gasteiger partial charge in [-0.15, -0.1) is 0 Å². The Labute approximate surface area is 151 Å². The molecule has 0 bridgehead atoms. The molecule has 3 heteroatoms.